The Hall–Kier alpha value is -0.0500. The van der Waals surface area contributed by atoms with Gasteiger partial charge in [0.05, 0.1) is 15.7 Å². The maximum atomic E-state index is 6.10. The molecule has 1 saturated heterocycles. The van der Waals surface area contributed by atoms with Crippen molar-refractivity contribution >= 4 is 40.7 Å². The normalized spacial score (nSPS) is 25.5. The Morgan fingerprint density at radius 1 is 1.33 bits per heavy atom. The zero-order valence-electron chi connectivity index (χ0n) is 8.47. The summed E-state index contributed by atoms with van der Waals surface area (Å²) in [5.74, 6) is 1.21. The Kier molecular flexibility index (Phi) is 3.70. The molecule has 1 heterocycles. The Labute approximate surface area is 105 Å². The molecule has 2 rings (SSSR count). The van der Waals surface area contributed by atoms with Gasteiger partial charge in [-0.05, 0) is 24.3 Å². The highest BCUT2D eigenvalue weighted by molar-refractivity contribution is 8.00. The van der Waals surface area contributed by atoms with Gasteiger partial charge in [-0.2, -0.15) is 11.8 Å². The minimum atomic E-state index is 0.479. The quantitative estimate of drug-likeness (QED) is 0.852. The topological polar surface area (TPSA) is 12.0 Å². The average Bonchev–Trinajstić information content (AvgIpc) is 2.58. The Morgan fingerprint density at radius 2 is 2.00 bits per heavy atom. The van der Waals surface area contributed by atoms with Gasteiger partial charge < -0.3 is 5.32 Å². The van der Waals surface area contributed by atoms with Crippen molar-refractivity contribution in [2.24, 2.45) is 0 Å². The summed E-state index contributed by atoms with van der Waals surface area (Å²) in [6, 6.07) is 6.07. The van der Waals surface area contributed by atoms with Crippen LogP contribution in [0.4, 0.5) is 5.69 Å². The number of thioether (sulfide) groups is 1. The highest BCUT2D eigenvalue weighted by atomic mass is 35.5. The van der Waals surface area contributed by atoms with Crippen molar-refractivity contribution < 1.29 is 0 Å². The summed E-state index contributed by atoms with van der Waals surface area (Å²) in [5, 5.41) is 5.47. The second kappa shape index (κ2) is 4.86. The number of hydrogen-bond acceptors (Lipinski definition) is 2. The van der Waals surface area contributed by atoms with E-state index in [1.807, 2.05) is 30.0 Å². The Morgan fingerprint density at radius 3 is 2.53 bits per heavy atom. The van der Waals surface area contributed by atoms with E-state index in [1.165, 1.54) is 12.2 Å². The lowest BCUT2D eigenvalue weighted by atomic mass is 10.1. The molecule has 1 nitrogen and oxygen atoms in total. The van der Waals surface area contributed by atoms with Gasteiger partial charge in [0.2, 0.25) is 0 Å². The lowest BCUT2D eigenvalue weighted by molar-refractivity contribution is 0.724. The van der Waals surface area contributed by atoms with E-state index in [9.17, 15) is 0 Å². The molecule has 1 aliphatic rings. The van der Waals surface area contributed by atoms with Gasteiger partial charge in [0.15, 0.2) is 0 Å². The number of halogens is 2. The first-order chi connectivity index (χ1) is 7.18. The minimum absolute atomic E-state index is 0.479. The van der Waals surface area contributed by atoms with Gasteiger partial charge in [0.25, 0.3) is 0 Å². The standard InChI is InChI=1S/C11H13Cl2NS/c1-7-10(5-6-15-7)14-11-8(12)3-2-4-9(11)13/h2-4,7,10,14H,5-6H2,1H3. The zero-order chi connectivity index (χ0) is 10.8. The second-order valence-corrected chi connectivity index (χ2v) is 6.01. The van der Waals surface area contributed by atoms with Crippen LogP contribution >= 0.6 is 35.0 Å². The number of hydrogen-bond donors (Lipinski definition) is 1. The van der Waals surface area contributed by atoms with E-state index >= 15 is 0 Å². The molecule has 1 fully saturated rings. The number of nitrogens with one attached hydrogen (secondary N) is 1. The van der Waals surface area contributed by atoms with E-state index in [2.05, 4.69) is 12.2 Å². The van der Waals surface area contributed by atoms with Gasteiger partial charge in [-0.1, -0.05) is 36.2 Å². The molecule has 0 bridgehead atoms. The molecule has 2 unspecified atom stereocenters. The summed E-state index contributed by atoms with van der Waals surface area (Å²) in [6.07, 6.45) is 1.17. The molecular formula is C11H13Cl2NS. The average molecular weight is 262 g/mol. The maximum Gasteiger partial charge on any atom is 0.0721 e. The molecule has 2 atom stereocenters. The third-order valence-corrected chi connectivity index (χ3v) is 4.62. The number of para-hydroxylation sites is 1. The van der Waals surface area contributed by atoms with E-state index in [4.69, 9.17) is 23.2 Å². The lowest BCUT2D eigenvalue weighted by Gasteiger charge is -2.19. The molecular weight excluding hydrogens is 249 g/mol. The summed E-state index contributed by atoms with van der Waals surface area (Å²) >= 11 is 14.2. The van der Waals surface area contributed by atoms with Crippen LogP contribution in [0.5, 0.6) is 0 Å². The fraction of sp³-hybridized carbons (Fsp3) is 0.455. The van der Waals surface area contributed by atoms with Crippen molar-refractivity contribution in [1.29, 1.82) is 0 Å². The highest BCUT2D eigenvalue weighted by Crippen LogP contribution is 2.34. The van der Waals surface area contributed by atoms with Gasteiger partial charge in [-0.3, -0.25) is 0 Å². The van der Waals surface area contributed by atoms with Crippen LogP contribution in [0.3, 0.4) is 0 Å². The fourth-order valence-electron chi connectivity index (χ4n) is 1.74. The number of benzene rings is 1. The highest BCUT2D eigenvalue weighted by Gasteiger charge is 2.24. The van der Waals surface area contributed by atoms with E-state index in [0.717, 1.165) is 5.69 Å². The second-order valence-electron chi connectivity index (χ2n) is 3.71. The summed E-state index contributed by atoms with van der Waals surface area (Å²) in [6.45, 7) is 2.24. The molecule has 1 aromatic carbocycles. The number of rotatable bonds is 2. The minimum Gasteiger partial charge on any atom is -0.379 e. The molecule has 0 aromatic heterocycles. The molecule has 0 saturated carbocycles. The van der Waals surface area contributed by atoms with Crippen molar-refractivity contribution in [3.63, 3.8) is 0 Å². The molecule has 0 aliphatic carbocycles. The lowest BCUT2D eigenvalue weighted by Crippen LogP contribution is -2.24. The largest absolute Gasteiger partial charge is 0.379 e. The van der Waals surface area contributed by atoms with Crippen LogP contribution < -0.4 is 5.32 Å². The predicted octanol–water partition coefficient (Wildman–Crippen LogP) is 4.30. The first kappa shape index (κ1) is 11.4. The van der Waals surface area contributed by atoms with Gasteiger partial charge in [0.1, 0.15) is 0 Å². The van der Waals surface area contributed by atoms with Crippen molar-refractivity contribution in [2.45, 2.75) is 24.6 Å². The third-order valence-electron chi connectivity index (χ3n) is 2.67. The van der Waals surface area contributed by atoms with E-state index in [-0.39, 0.29) is 0 Å². The SMILES string of the molecule is CC1SCCC1Nc1c(Cl)cccc1Cl. The first-order valence-corrected chi connectivity index (χ1v) is 6.81. The monoisotopic (exact) mass is 261 g/mol. The van der Waals surface area contributed by atoms with Gasteiger partial charge >= 0.3 is 0 Å². The molecule has 1 N–H and O–H groups in total. The molecule has 0 radical (unpaired) electrons. The number of anilines is 1. The van der Waals surface area contributed by atoms with E-state index in [0.29, 0.717) is 21.3 Å². The predicted molar refractivity (Wildman–Crippen MR) is 70.4 cm³/mol. The maximum absolute atomic E-state index is 6.10. The first-order valence-electron chi connectivity index (χ1n) is 5.00. The van der Waals surface area contributed by atoms with Crippen LogP contribution in [0.25, 0.3) is 0 Å². The van der Waals surface area contributed by atoms with Crippen LogP contribution in [0, 0.1) is 0 Å². The van der Waals surface area contributed by atoms with Crippen LogP contribution in [0.15, 0.2) is 18.2 Å². The summed E-state index contributed by atoms with van der Waals surface area (Å²) < 4.78 is 0. The summed E-state index contributed by atoms with van der Waals surface area (Å²) in [7, 11) is 0. The van der Waals surface area contributed by atoms with Crippen molar-refractivity contribution in [2.75, 3.05) is 11.1 Å². The Bertz CT molecular complexity index is 336. The molecule has 1 aromatic rings. The van der Waals surface area contributed by atoms with Crippen LogP contribution in [0.2, 0.25) is 10.0 Å². The van der Waals surface area contributed by atoms with Crippen LogP contribution in [-0.2, 0) is 0 Å². The fourth-order valence-corrected chi connectivity index (χ4v) is 3.45. The zero-order valence-corrected chi connectivity index (χ0v) is 10.8. The smallest absolute Gasteiger partial charge is 0.0721 e. The third kappa shape index (κ3) is 2.55. The molecule has 1 aliphatic heterocycles. The molecule has 15 heavy (non-hydrogen) atoms. The molecule has 4 heteroatoms. The summed E-state index contributed by atoms with van der Waals surface area (Å²) in [4.78, 5) is 0. The van der Waals surface area contributed by atoms with Crippen molar-refractivity contribution in [3.8, 4) is 0 Å². The van der Waals surface area contributed by atoms with Crippen LogP contribution in [0.1, 0.15) is 13.3 Å². The van der Waals surface area contributed by atoms with Gasteiger partial charge in [0, 0.05) is 11.3 Å². The van der Waals surface area contributed by atoms with E-state index in [1.54, 1.807) is 0 Å². The Balaban J connectivity index is 2.16. The van der Waals surface area contributed by atoms with Gasteiger partial charge in [-0.15, -0.1) is 0 Å². The summed E-state index contributed by atoms with van der Waals surface area (Å²) in [5.41, 5.74) is 0.875. The van der Waals surface area contributed by atoms with Crippen molar-refractivity contribution in [3.05, 3.63) is 28.2 Å². The van der Waals surface area contributed by atoms with Gasteiger partial charge in [-0.25, -0.2) is 0 Å². The van der Waals surface area contributed by atoms with Crippen molar-refractivity contribution in [1.82, 2.24) is 0 Å². The van der Waals surface area contributed by atoms with E-state index < -0.39 is 0 Å². The molecule has 82 valence electrons. The van der Waals surface area contributed by atoms with Crippen LogP contribution in [-0.4, -0.2) is 17.0 Å². The molecule has 0 spiro atoms. The molecule has 0 amide bonds.